The third-order valence-corrected chi connectivity index (χ3v) is 6.05. The summed E-state index contributed by atoms with van der Waals surface area (Å²) in [5, 5.41) is 3.38. The van der Waals surface area contributed by atoms with Crippen LogP contribution in [0.1, 0.15) is 50.5 Å². The minimum Gasteiger partial charge on any atom is -0.378 e. The zero-order valence-corrected chi connectivity index (χ0v) is 13.1. The Morgan fingerprint density at radius 3 is 2.64 bits per heavy atom. The van der Waals surface area contributed by atoms with Gasteiger partial charge in [-0.3, -0.25) is 4.79 Å². The third-order valence-electron chi connectivity index (χ3n) is 6.05. The Labute approximate surface area is 132 Å². The predicted molar refractivity (Wildman–Crippen MR) is 85.6 cm³/mol. The number of benzene rings is 1. The second-order valence-corrected chi connectivity index (χ2v) is 7.19. The van der Waals surface area contributed by atoms with Crippen molar-refractivity contribution >= 4 is 5.91 Å². The van der Waals surface area contributed by atoms with E-state index in [0.29, 0.717) is 18.1 Å². The number of amides is 1. The molecule has 22 heavy (non-hydrogen) atoms. The maximum Gasteiger partial charge on any atom is 0.230 e. The van der Waals surface area contributed by atoms with Crippen LogP contribution in [0.5, 0.6) is 0 Å². The van der Waals surface area contributed by atoms with Crippen LogP contribution < -0.4 is 5.32 Å². The van der Waals surface area contributed by atoms with Crippen molar-refractivity contribution in [3.8, 4) is 0 Å². The number of carbonyl (C=O) groups is 1. The molecule has 0 bridgehead atoms. The van der Waals surface area contributed by atoms with Crippen LogP contribution in [0.2, 0.25) is 0 Å². The molecule has 1 saturated heterocycles. The zero-order valence-electron chi connectivity index (χ0n) is 13.1. The number of carbonyl (C=O) groups excluding carboxylic acids is 1. The number of nitrogens with one attached hydrogen (secondary N) is 1. The summed E-state index contributed by atoms with van der Waals surface area (Å²) < 4.78 is 5.67. The molecule has 118 valence electrons. The van der Waals surface area contributed by atoms with E-state index in [4.69, 9.17) is 4.74 Å². The largest absolute Gasteiger partial charge is 0.378 e. The lowest BCUT2D eigenvalue weighted by molar-refractivity contribution is -0.131. The van der Waals surface area contributed by atoms with Crippen LogP contribution in [0.3, 0.4) is 0 Å². The topological polar surface area (TPSA) is 38.3 Å². The molecular formula is C19H25NO2. The molecule has 1 heterocycles. The zero-order chi connectivity index (χ0) is 15.0. The van der Waals surface area contributed by atoms with Gasteiger partial charge in [-0.25, -0.2) is 0 Å². The van der Waals surface area contributed by atoms with E-state index in [9.17, 15) is 4.79 Å². The smallest absolute Gasteiger partial charge is 0.230 e. The summed E-state index contributed by atoms with van der Waals surface area (Å²) in [7, 11) is 0. The monoisotopic (exact) mass is 299 g/mol. The lowest BCUT2D eigenvalue weighted by Crippen LogP contribution is -2.58. The summed E-state index contributed by atoms with van der Waals surface area (Å²) in [6.07, 6.45) is 8.05. The van der Waals surface area contributed by atoms with Gasteiger partial charge in [-0.05, 0) is 31.2 Å². The van der Waals surface area contributed by atoms with Crippen molar-refractivity contribution in [2.24, 2.45) is 5.92 Å². The van der Waals surface area contributed by atoms with Crippen molar-refractivity contribution in [2.75, 3.05) is 6.61 Å². The van der Waals surface area contributed by atoms with E-state index >= 15 is 0 Å². The van der Waals surface area contributed by atoms with E-state index in [1.807, 2.05) is 6.07 Å². The van der Waals surface area contributed by atoms with Gasteiger partial charge in [0, 0.05) is 18.6 Å². The highest BCUT2D eigenvalue weighted by Gasteiger charge is 2.48. The Bertz CT molecular complexity index is 536. The molecule has 2 aliphatic carbocycles. The van der Waals surface area contributed by atoms with Crippen LogP contribution in [-0.2, 0) is 14.9 Å². The fourth-order valence-electron chi connectivity index (χ4n) is 4.63. The molecule has 0 unspecified atom stereocenters. The molecule has 0 spiro atoms. The van der Waals surface area contributed by atoms with Gasteiger partial charge < -0.3 is 10.1 Å². The highest BCUT2D eigenvalue weighted by molar-refractivity contribution is 5.88. The fraction of sp³-hybridized carbons (Fsp3) is 0.632. The molecule has 3 aliphatic rings. The SMILES string of the molecule is O=C(N[C@H]1C[C@@H]2OCC[C@H]12)C1(c2ccccc2)CCCCC1. The van der Waals surface area contributed by atoms with Crippen molar-refractivity contribution in [1.29, 1.82) is 0 Å². The molecule has 1 aliphatic heterocycles. The molecule has 0 aromatic heterocycles. The summed E-state index contributed by atoms with van der Waals surface area (Å²) in [6.45, 7) is 0.867. The molecule has 1 aromatic rings. The maximum atomic E-state index is 13.2. The van der Waals surface area contributed by atoms with Gasteiger partial charge >= 0.3 is 0 Å². The van der Waals surface area contributed by atoms with E-state index in [1.165, 1.54) is 12.0 Å². The molecule has 3 atom stereocenters. The standard InChI is InChI=1S/C19H25NO2/c21-18(20-16-13-17-15(16)9-12-22-17)19(10-5-2-6-11-19)14-7-3-1-4-8-14/h1,3-4,7-8,15-17H,2,5-6,9-13H2,(H,20,21)/t15-,16+,17+/m1/s1. The molecule has 3 fully saturated rings. The van der Waals surface area contributed by atoms with E-state index in [1.54, 1.807) is 0 Å². The molecular weight excluding hydrogens is 274 g/mol. The van der Waals surface area contributed by atoms with E-state index in [2.05, 4.69) is 29.6 Å². The second-order valence-electron chi connectivity index (χ2n) is 7.19. The molecule has 2 saturated carbocycles. The first-order valence-electron chi connectivity index (χ1n) is 8.78. The Morgan fingerprint density at radius 1 is 1.14 bits per heavy atom. The van der Waals surface area contributed by atoms with Crippen LogP contribution in [0.25, 0.3) is 0 Å². The summed E-state index contributed by atoms with van der Waals surface area (Å²) in [5.74, 6) is 0.814. The van der Waals surface area contributed by atoms with Crippen molar-refractivity contribution in [1.82, 2.24) is 5.32 Å². The maximum absolute atomic E-state index is 13.2. The predicted octanol–water partition coefficient (Wildman–Crippen LogP) is 3.18. The minimum absolute atomic E-state index is 0.258. The number of ether oxygens (including phenoxy) is 1. The quantitative estimate of drug-likeness (QED) is 0.931. The summed E-state index contributed by atoms with van der Waals surface area (Å²) in [5.41, 5.74) is 0.898. The fourth-order valence-corrected chi connectivity index (χ4v) is 4.63. The lowest BCUT2D eigenvalue weighted by Gasteiger charge is -2.43. The Balaban J connectivity index is 1.54. The second kappa shape index (κ2) is 5.69. The lowest BCUT2D eigenvalue weighted by atomic mass is 9.68. The Kier molecular flexibility index (Phi) is 3.69. The van der Waals surface area contributed by atoms with Crippen LogP contribution in [0.15, 0.2) is 30.3 Å². The highest BCUT2D eigenvalue weighted by Crippen LogP contribution is 2.42. The Morgan fingerprint density at radius 2 is 1.91 bits per heavy atom. The van der Waals surface area contributed by atoms with Crippen LogP contribution in [-0.4, -0.2) is 24.7 Å². The average Bonchev–Trinajstić information content (AvgIpc) is 2.95. The third kappa shape index (κ3) is 2.26. The van der Waals surface area contributed by atoms with Gasteiger partial charge in [0.15, 0.2) is 0 Å². The van der Waals surface area contributed by atoms with Gasteiger partial charge in [-0.2, -0.15) is 0 Å². The van der Waals surface area contributed by atoms with E-state index < -0.39 is 0 Å². The molecule has 4 rings (SSSR count). The van der Waals surface area contributed by atoms with Crippen LogP contribution >= 0.6 is 0 Å². The number of hydrogen-bond donors (Lipinski definition) is 1. The molecule has 1 N–H and O–H groups in total. The number of hydrogen-bond acceptors (Lipinski definition) is 2. The first-order valence-corrected chi connectivity index (χ1v) is 8.78. The normalized spacial score (nSPS) is 32.8. The highest BCUT2D eigenvalue weighted by atomic mass is 16.5. The summed E-state index contributed by atoms with van der Waals surface area (Å²) in [6, 6.07) is 10.7. The van der Waals surface area contributed by atoms with Crippen molar-refractivity contribution in [3.63, 3.8) is 0 Å². The first kappa shape index (κ1) is 14.3. The molecule has 3 heteroatoms. The summed E-state index contributed by atoms with van der Waals surface area (Å²) in [4.78, 5) is 13.2. The van der Waals surface area contributed by atoms with Gasteiger partial charge in [0.2, 0.25) is 5.91 Å². The molecule has 1 aromatic carbocycles. The molecule has 3 nitrogen and oxygen atoms in total. The number of rotatable bonds is 3. The van der Waals surface area contributed by atoms with E-state index in [0.717, 1.165) is 45.1 Å². The van der Waals surface area contributed by atoms with Gasteiger partial charge in [0.05, 0.1) is 11.5 Å². The van der Waals surface area contributed by atoms with Crippen LogP contribution in [0.4, 0.5) is 0 Å². The Hall–Kier alpha value is -1.35. The van der Waals surface area contributed by atoms with Crippen molar-refractivity contribution in [3.05, 3.63) is 35.9 Å². The van der Waals surface area contributed by atoms with Crippen LogP contribution in [0, 0.1) is 5.92 Å². The van der Waals surface area contributed by atoms with Gasteiger partial charge in [0.25, 0.3) is 0 Å². The van der Waals surface area contributed by atoms with Gasteiger partial charge in [-0.15, -0.1) is 0 Å². The average molecular weight is 299 g/mol. The van der Waals surface area contributed by atoms with Gasteiger partial charge in [-0.1, -0.05) is 49.6 Å². The minimum atomic E-state index is -0.302. The molecule has 0 radical (unpaired) electrons. The van der Waals surface area contributed by atoms with Gasteiger partial charge in [0.1, 0.15) is 0 Å². The van der Waals surface area contributed by atoms with Crippen molar-refractivity contribution < 1.29 is 9.53 Å². The van der Waals surface area contributed by atoms with Crippen molar-refractivity contribution in [2.45, 2.75) is 62.5 Å². The first-order chi connectivity index (χ1) is 10.8. The summed E-state index contributed by atoms with van der Waals surface area (Å²) >= 11 is 0. The molecule has 1 amide bonds. The number of fused-ring (bicyclic) bond motifs is 1. The van der Waals surface area contributed by atoms with E-state index in [-0.39, 0.29) is 11.3 Å².